The first-order chi connectivity index (χ1) is 7.70. The largest absolute Gasteiger partial charge is 0.460 e. The van der Waals surface area contributed by atoms with Crippen molar-refractivity contribution < 1.29 is 14.3 Å². The van der Waals surface area contributed by atoms with Crippen molar-refractivity contribution in [1.82, 2.24) is 0 Å². The minimum atomic E-state index is -0.259. The summed E-state index contributed by atoms with van der Waals surface area (Å²) < 4.78 is 9.73. The van der Waals surface area contributed by atoms with E-state index < -0.39 is 0 Å². The number of ether oxygens (including phenoxy) is 2. The Morgan fingerprint density at radius 2 is 1.94 bits per heavy atom. The average molecular weight is 228 g/mol. The fourth-order valence-corrected chi connectivity index (χ4v) is 1.37. The van der Waals surface area contributed by atoms with Gasteiger partial charge in [-0.25, -0.2) is 4.79 Å². The van der Waals surface area contributed by atoms with Crippen molar-refractivity contribution in [2.45, 2.75) is 46.0 Å². The summed E-state index contributed by atoms with van der Waals surface area (Å²) in [6.07, 6.45) is 7.47. The standard InChI is InChI=1S/C13H24O3/c1-4-5-6-7-8-12(2)11-13(14)16-10-9-15-3/h11H,4-10H2,1-3H3/b12-11+. The third-order valence-corrected chi connectivity index (χ3v) is 2.32. The molecule has 0 aliphatic rings. The third-order valence-electron chi connectivity index (χ3n) is 2.32. The van der Waals surface area contributed by atoms with Crippen LogP contribution in [0.25, 0.3) is 0 Å². The molecule has 0 bridgehead atoms. The van der Waals surface area contributed by atoms with Gasteiger partial charge in [-0.15, -0.1) is 0 Å². The Labute approximate surface area is 98.8 Å². The van der Waals surface area contributed by atoms with E-state index in [2.05, 4.69) is 6.92 Å². The van der Waals surface area contributed by atoms with E-state index in [0.717, 1.165) is 18.4 Å². The van der Waals surface area contributed by atoms with Crippen LogP contribution in [0.5, 0.6) is 0 Å². The van der Waals surface area contributed by atoms with Crippen LogP contribution in [0.1, 0.15) is 46.0 Å². The van der Waals surface area contributed by atoms with Crippen molar-refractivity contribution in [3.63, 3.8) is 0 Å². The number of carbonyl (C=O) groups is 1. The van der Waals surface area contributed by atoms with Crippen LogP contribution in [0.2, 0.25) is 0 Å². The van der Waals surface area contributed by atoms with Gasteiger partial charge in [0.25, 0.3) is 0 Å². The quantitative estimate of drug-likeness (QED) is 0.345. The first-order valence-corrected chi connectivity index (χ1v) is 6.03. The van der Waals surface area contributed by atoms with Crippen molar-refractivity contribution in [3.8, 4) is 0 Å². The molecule has 0 spiro atoms. The molecular formula is C13H24O3. The maximum absolute atomic E-state index is 11.3. The van der Waals surface area contributed by atoms with E-state index in [0.29, 0.717) is 13.2 Å². The number of unbranched alkanes of at least 4 members (excludes halogenated alkanes) is 3. The minimum Gasteiger partial charge on any atom is -0.460 e. The zero-order valence-electron chi connectivity index (χ0n) is 10.8. The summed E-state index contributed by atoms with van der Waals surface area (Å²) >= 11 is 0. The van der Waals surface area contributed by atoms with E-state index in [9.17, 15) is 4.79 Å². The van der Waals surface area contributed by atoms with E-state index in [-0.39, 0.29) is 5.97 Å². The summed E-state index contributed by atoms with van der Waals surface area (Å²) in [5, 5.41) is 0. The Morgan fingerprint density at radius 3 is 2.56 bits per heavy atom. The van der Waals surface area contributed by atoms with Crippen LogP contribution < -0.4 is 0 Å². The maximum atomic E-state index is 11.3. The molecule has 0 saturated heterocycles. The van der Waals surface area contributed by atoms with Gasteiger partial charge in [0.15, 0.2) is 0 Å². The summed E-state index contributed by atoms with van der Waals surface area (Å²) in [5.41, 5.74) is 1.10. The van der Waals surface area contributed by atoms with E-state index in [4.69, 9.17) is 9.47 Å². The Morgan fingerprint density at radius 1 is 1.19 bits per heavy atom. The van der Waals surface area contributed by atoms with Gasteiger partial charge in [0.2, 0.25) is 0 Å². The molecule has 0 aliphatic heterocycles. The number of hydrogen-bond acceptors (Lipinski definition) is 3. The smallest absolute Gasteiger partial charge is 0.330 e. The van der Waals surface area contributed by atoms with Crippen LogP contribution in [0.3, 0.4) is 0 Å². The van der Waals surface area contributed by atoms with Crippen LogP contribution >= 0.6 is 0 Å². The summed E-state index contributed by atoms with van der Waals surface area (Å²) in [5.74, 6) is -0.259. The van der Waals surface area contributed by atoms with E-state index in [1.807, 2.05) is 6.92 Å². The highest BCUT2D eigenvalue weighted by Crippen LogP contribution is 2.09. The lowest BCUT2D eigenvalue weighted by Gasteiger charge is -2.03. The van der Waals surface area contributed by atoms with Gasteiger partial charge in [0.05, 0.1) is 6.61 Å². The molecule has 94 valence electrons. The molecule has 0 aromatic heterocycles. The minimum absolute atomic E-state index is 0.259. The fourth-order valence-electron chi connectivity index (χ4n) is 1.37. The second-order valence-corrected chi connectivity index (χ2v) is 3.96. The summed E-state index contributed by atoms with van der Waals surface area (Å²) in [6.45, 7) is 4.95. The molecular weight excluding hydrogens is 204 g/mol. The van der Waals surface area contributed by atoms with Crippen LogP contribution in [-0.4, -0.2) is 26.3 Å². The van der Waals surface area contributed by atoms with Gasteiger partial charge < -0.3 is 9.47 Å². The third kappa shape index (κ3) is 9.71. The van der Waals surface area contributed by atoms with Crippen molar-refractivity contribution in [3.05, 3.63) is 11.6 Å². The number of esters is 1. The number of hydrogen-bond donors (Lipinski definition) is 0. The Bertz CT molecular complexity index is 209. The zero-order valence-corrected chi connectivity index (χ0v) is 10.8. The highest BCUT2D eigenvalue weighted by atomic mass is 16.6. The van der Waals surface area contributed by atoms with Gasteiger partial charge in [0, 0.05) is 13.2 Å². The summed E-state index contributed by atoms with van der Waals surface area (Å²) in [4.78, 5) is 11.3. The van der Waals surface area contributed by atoms with Gasteiger partial charge in [0.1, 0.15) is 6.61 Å². The molecule has 0 N–H and O–H groups in total. The normalized spacial score (nSPS) is 11.6. The van der Waals surface area contributed by atoms with Crippen molar-refractivity contribution in [1.29, 1.82) is 0 Å². The molecule has 0 radical (unpaired) electrons. The van der Waals surface area contributed by atoms with Crippen LogP contribution in [0.4, 0.5) is 0 Å². The molecule has 0 unspecified atom stereocenters. The van der Waals surface area contributed by atoms with Crippen molar-refractivity contribution >= 4 is 5.97 Å². The van der Waals surface area contributed by atoms with Gasteiger partial charge in [-0.05, 0) is 19.8 Å². The van der Waals surface area contributed by atoms with Gasteiger partial charge in [-0.3, -0.25) is 0 Å². The lowest BCUT2D eigenvalue weighted by molar-refractivity contribution is -0.139. The van der Waals surface area contributed by atoms with Crippen LogP contribution in [0.15, 0.2) is 11.6 Å². The van der Waals surface area contributed by atoms with Gasteiger partial charge >= 0.3 is 5.97 Å². The maximum Gasteiger partial charge on any atom is 0.330 e. The molecule has 3 nitrogen and oxygen atoms in total. The van der Waals surface area contributed by atoms with Crippen molar-refractivity contribution in [2.75, 3.05) is 20.3 Å². The highest BCUT2D eigenvalue weighted by molar-refractivity contribution is 5.82. The Kier molecular flexibility index (Phi) is 10.1. The molecule has 16 heavy (non-hydrogen) atoms. The van der Waals surface area contributed by atoms with Crippen molar-refractivity contribution in [2.24, 2.45) is 0 Å². The van der Waals surface area contributed by atoms with E-state index in [1.165, 1.54) is 19.3 Å². The molecule has 0 aliphatic carbocycles. The Hall–Kier alpha value is -0.830. The molecule has 0 heterocycles. The lowest BCUT2D eigenvalue weighted by atomic mass is 10.1. The molecule has 0 amide bonds. The monoisotopic (exact) mass is 228 g/mol. The molecule has 0 saturated carbocycles. The molecule has 0 atom stereocenters. The van der Waals surface area contributed by atoms with E-state index >= 15 is 0 Å². The number of methoxy groups -OCH3 is 1. The molecule has 0 fully saturated rings. The summed E-state index contributed by atoms with van der Waals surface area (Å²) in [6, 6.07) is 0. The SMILES string of the molecule is CCCCCC/C(C)=C/C(=O)OCCOC. The number of carbonyl (C=O) groups excluding carboxylic acids is 1. The topological polar surface area (TPSA) is 35.5 Å². The molecule has 3 heteroatoms. The molecule has 0 aromatic rings. The fraction of sp³-hybridized carbons (Fsp3) is 0.769. The van der Waals surface area contributed by atoms with Crippen LogP contribution in [-0.2, 0) is 14.3 Å². The Balaban J connectivity index is 3.62. The predicted octanol–water partition coefficient (Wildman–Crippen LogP) is 3.09. The lowest BCUT2D eigenvalue weighted by Crippen LogP contribution is -2.07. The van der Waals surface area contributed by atoms with E-state index in [1.54, 1.807) is 13.2 Å². The first-order valence-electron chi connectivity index (χ1n) is 6.03. The zero-order chi connectivity index (χ0) is 12.2. The van der Waals surface area contributed by atoms with Gasteiger partial charge in [-0.1, -0.05) is 31.8 Å². The number of rotatable bonds is 9. The molecule has 0 aromatic carbocycles. The molecule has 0 rings (SSSR count). The highest BCUT2D eigenvalue weighted by Gasteiger charge is 1.99. The summed E-state index contributed by atoms with van der Waals surface area (Å²) in [7, 11) is 1.59. The second kappa shape index (κ2) is 10.7. The van der Waals surface area contributed by atoms with Gasteiger partial charge in [-0.2, -0.15) is 0 Å². The first kappa shape index (κ1) is 15.2. The average Bonchev–Trinajstić information content (AvgIpc) is 2.25. The van der Waals surface area contributed by atoms with Crippen LogP contribution in [0, 0.1) is 0 Å². The second-order valence-electron chi connectivity index (χ2n) is 3.96. The number of allylic oxidation sites excluding steroid dienone is 1. The predicted molar refractivity (Wildman–Crippen MR) is 65.4 cm³/mol.